The Labute approximate surface area is 178 Å². The molecule has 30 heavy (non-hydrogen) atoms. The highest BCUT2D eigenvalue weighted by molar-refractivity contribution is 7.91. The number of nitrogens with zero attached hydrogens (tertiary/aromatic N) is 4. The Morgan fingerprint density at radius 2 is 1.93 bits per heavy atom. The SMILES string of the molecule is CN(Cn1nc(-c2ccccc2)n(-c2ccc(F)cc2F)c1=S)C1CCS(=O)(=O)C1. The summed E-state index contributed by atoms with van der Waals surface area (Å²) < 4.78 is 54.9. The lowest BCUT2D eigenvalue weighted by Crippen LogP contribution is -2.34. The summed E-state index contributed by atoms with van der Waals surface area (Å²) in [5, 5.41) is 4.59. The normalized spacial score (nSPS) is 18.2. The molecule has 1 aliphatic heterocycles. The van der Waals surface area contributed by atoms with Gasteiger partial charge < -0.3 is 0 Å². The number of rotatable bonds is 5. The summed E-state index contributed by atoms with van der Waals surface area (Å²) in [6.07, 6.45) is 0.547. The van der Waals surface area contributed by atoms with E-state index < -0.39 is 21.5 Å². The third-order valence-corrected chi connectivity index (χ3v) is 7.35. The van der Waals surface area contributed by atoms with Crippen LogP contribution in [0, 0.1) is 16.4 Å². The molecule has 1 fully saturated rings. The van der Waals surface area contributed by atoms with Gasteiger partial charge in [-0.3, -0.25) is 9.47 Å². The van der Waals surface area contributed by atoms with Crippen LogP contribution in [0.4, 0.5) is 8.78 Å². The first-order chi connectivity index (χ1) is 14.2. The largest absolute Gasteiger partial charge is 0.283 e. The van der Waals surface area contributed by atoms with Gasteiger partial charge in [-0.05, 0) is 37.8 Å². The van der Waals surface area contributed by atoms with Crippen LogP contribution in [0.5, 0.6) is 0 Å². The van der Waals surface area contributed by atoms with Gasteiger partial charge in [-0.15, -0.1) is 5.10 Å². The van der Waals surface area contributed by atoms with E-state index in [1.807, 2.05) is 42.3 Å². The van der Waals surface area contributed by atoms with Gasteiger partial charge in [0.05, 0.1) is 23.9 Å². The molecule has 2 aromatic carbocycles. The number of hydrogen-bond acceptors (Lipinski definition) is 5. The van der Waals surface area contributed by atoms with Crippen LogP contribution in [-0.4, -0.2) is 52.3 Å². The molecule has 0 amide bonds. The van der Waals surface area contributed by atoms with E-state index in [0.717, 1.165) is 11.6 Å². The molecule has 0 radical (unpaired) electrons. The molecule has 1 aliphatic rings. The summed E-state index contributed by atoms with van der Waals surface area (Å²) in [5.74, 6) is -0.761. The second-order valence-corrected chi connectivity index (χ2v) is 9.95. The average molecular weight is 451 g/mol. The molecule has 2 heterocycles. The van der Waals surface area contributed by atoms with Crippen LogP contribution >= 0.6 is 12.2 Å². The number of halogens is 2. The Kier molecular flexibility index (Phi) is 5.56. The molecule has 1 aromatic heterocycles. The summed E-state index contributed by atoms with van der Waals surface area (Å²) >= 11 is 5.58. The Hall–Kier alpha value is -2.43. The molecular formula is C20H20F2N4O2S2. The fourth-order valence-corrected chi connectivity index (χ4v) is 5.69. The first-order valence-corrected chi connectivity index (χ1v) is 11.6. The molecule has 3 aromatic rings. The molecule has 4 rings (SSSR count). The van der Waals surface area contributed by atoms with Crippen LogP contribution in [0.25, 0.3) is 17.1 Å². The average Bonchev–Trinajstić information content (AvgIpc) is 3.23. The van der Waals surface area contributed by atoms with E-state index >= 15 is 0 Å². The van der Waals surface area contributed by atoms with Crippen molar-refractivity contribution in [2.75, 3.05) is 18.6 Å². The van der Waals surface area contributed by atoms with Crippen molar-refractivity contribution in [2.24, 2.45) is 0 Å². The molecule has 1 saturated heterocycles. The Morgan fingerprint density at radius 3 is 2.57 bits per heavy atom. The molecule has 6 nitrogen and oxygen atoms in total. The minimum Gasteiger partial charge on any atom is -0.283 e. The van der Waals surface area contributed by atoms with Crippen LogP contribution in [-0.2, 0) is 16.5 Å². The van der Waals surface area contributed by atoms with Crippen LogP contribution in [0.1, 0.15) is 6.42 Å². The lowest BCUT2D eigenvalue weighted by Gasteiger charge is -2.22. The first kappa shape index (κ1) is 20.8. The van der Waals surface area contributed by atoms with Crippen molar-refractivity contribution in [3.63, 3.8) is 0 Å². The molecule has 158 valence electrons. The van der Waals surface area contributed by atoms with E-state index in [2.05, 4.69) is 5.10 Å². The van der Waals surface area contributed by atoms with Gasteiger partial charge in [0.15, 0.2) is 15.7 Å². The summed E-state index contributed by atoms with van der Waals surface area (Å²) in [7, 11) is -1.22. The maximum absolute atomic E-state index is 14.6. The van der Waals surface area contributed by atoms with Gasteiger partial charge >= 0.3 is 0 Å². The predicted octanol–water partition coefficient (Wildman–Crippen LogP) is 3.42. The Balaban J connectivity index is 1.78. The number of hydrogen-bond donors (Lipinski definition) is 0. The van der Waals surface area contributed by atoms with E-state index in [4.69, 9.17) is 12.2 Å². The maximum Gasteiger partial charge on any atom is 0.204 e. The van der Waals surface area contributed by atoms with E-state index in [0.29, 0.717) is 12.2 Å². The number of aromatic nitrogens is 3. The second-order valence-electron chi connectivity index (χ2n) is 7.36. The molecule has 0 aliphatic carbocycles. The third-order valence-electron chi connectivity index (χ3n) is 5.21. The van der Waals surface area contributed by atoms with Crippen molar-refractivity contribution in [2.45, 2.75) is 19.1 Å². The lowest BCUT2D eigenvalue weighted by molar-refractivity contribution is 0.196. The Bertz CT molecular complexity index is 1240. The van der Waals surface area contributed by atoms with E-state index in [-0.39, 0.29) is 34.7 Å². The smallest absolute Gasteiger partial charge is 0.204 e. The van der Waals surface area contributed by atoms with Crippen LogP contribution < -0.4 is 0 Å². The fraction of sp³-hybridized carbons (Fsp3) is 0.300. The number of sulfone groups is 1. The molecule has 0 saturated carbocycles. The molecule has 0 bridgehead atoms. The monoisotopic (exact) mass is 450 g/mol. The lowest BCUT2D eigenvalue weighted by atomic mass is 10.2. The van der Waals surface area contributed by atoms with Crippen LogP contribution in [0.15, 0.2) is 48.5 Å². The molecule has 10 heteroatoms. The van der Waals surface area contributed by atoms with Crippen LogP contribution in [0.2, 0.25) is 0 Å². The van der Waals surface area contributed by atoms with Gasteiger partial charge in [-0.25, -0.2) is 21.9 Å². The Morgan fingerprint density at radius 1 is 1.20 bits per heavy atom. The van der Waals surface area contributed by atoms with E-state index in [9.17, 15) is 17.2 Å². The van der Waals surface area contributed by atoms with Crippen molar-refractivity contribution in [1.29, 1.82) is 0 Å². The zero-order chi connectivity index (χ0) is 21.5. The molecule has 0 spiro atoms. The quantitative estimate of drug-likeness (QED) is 0.558. The van der Waals surface area contributed by atoms with Crippen molar-refractivity contribution in [3.05, 3.63) is 64.9 Å². The summed E-state index contributed by atoms with van der Waals surface area (Å²) in [4.78, 5) is 1.88. The number of benzene rings is 2. The molecule has 1 atom stereocenters. The van der Waals surface area contributed by atoms with E-state index in [1.165, 1.54) is 21.4 Å². The van der Waals surface area contributed by atoms with Crippen molar-refractivity contribution < 1.29 is 17.2 Å². The molecule has 1 unspecified atom stereocenters. The highest BCUT2D eigenvalue weighted by Gasteiger charge is 2.31. The molecular weight excluding hydrogens is 430 g/mol. The standard InChI is InChI=1S/C20H20F2N4O2S2/c1-24(16-9-10-30(27,28)12-16)13-25-20(29)26(18-8-7-15(21)11-17(18)22)19(23-25)14-5-3-2-4-6-14/h2-8,11,16H,9-10,12-13H2,1H3. The topological polar surface area (TPSA) is 60.1 Å². The van der Waals surface area contributed by atoms with Crippen LogP contribution in [0.3, 0.4) is 0 Å². The fourth-order valence-electron chi connectivity index (χ4n) is 3.60. The van der Waals surface area contributed by atoms with E-state index in [1.54, 1.807) is 0 Å². The third kappa shape index (κ3) is 4.07. The molecule has 0 N–H and O–H groups in total. The van der Waals surface area contributed by atoms with Gasteiger partial charge in [0.1, 0.15) is 11.6 Å². The highest BCUT2D eigenvalue weighted by Crippen LogP contribution is 2.25. The zero-order valence-electron chi connectivity index (χ0n) is 16.2. The van der Waals surface area contributed by atoms with Gasteiger partial charge in [-0.2, -0.15) is 0 Å². The minimum absolute atomic E-state index is 0.0929. The highest BCUT2D eigenvalue weighted by atomic mass is 32.2. The zero-order valence-corrected chi connectivity index (χ0v) is 17.8. The van der Waals surface area contributed by atoms with Gasteiger partial charge in [0.25, 0.3) is 0 Å². The summed E-state index contributed by atoms with van der Waals surface area (Å²) in [5.41, 5.74) is 0.815. The first-order valence-electron chi connectivity index (χ1n) is 9.36. The van der Waals surface area contributed by atoms with Crippen molar-refractivity contribution >= 4 is 22.1 Å². The summed E-state index contributed by atoms with van der Waals surface area (Å²) in [6.45, 7) is 0.245. The predicted molar refractivity (Wildman–Crippen MR) is 113 cm³/mol. The van der Waals surface area contributed by atoms with Crippen molar-refractivity contribution in [3.8, 4) is 17.1 Å². The minimum atomic E-state index is -3.03. The maximum atomic E-state index is 14.6. The van der Waals surface area contributed by atoms with Crippen molar-refractivity contribution in [1.82, 2.24) is 19.2 Å². The van der Waals surface area contributed by atoms with Gasteiger partial charge in [0, 0.05) is 17.7 Å². The second kappa shape index (κ2) is 8.01. The van der Waals surface area contributed by atoms with Gasteiger partial charge in [-0.1, -0.05) is 30.3 Å². The summed E-state index contributed by atoms with van der Waals surface area (Å²) in [6, 6.07) is 12.3. The van der Waals surface area contributed by atoms with Gasteiger partial charge in [0.2, 0.25) is 4.77 Å².